The van der Waals surface area contributed by atoms with Crippen LogP contribution < -0.4 is 4.74 Å². The predicted octanol–water partition coefficient (Wildman–Crippen LogP) is 1.87. The largest absolute Gasteiger partial charge is 0.504 e. The zero-order chi connectivity index (χ0) is 12.7. The number of phenols is 1. The van der Waals surface area contributed by atoms with Crippen LogP contribution in [0, 0.1) is 0 Å². The molecule has 0 radical (unpaired) electrons. The lowest BCUT2D eigenvalue weighted by Crippen LogP contribution is -2.22. The number of phenolic OH excluding ortho intramolecular Hbond substituents is 1. The molecule has 4 nitrogen and oxygen atoms in total. The molecule has 0 fully saturated rings. The van der Waals surface area contributed by atoms with E-state index in [0.29, 0.717) is 5.75 Å². The fourth-order valence-electron chi connectivity index (χ4n) is 1.59. The number of ether oxygens (including phenoxy) is 2. The van der Waals surface area contributed by atoms with Crippen molar-refractivity contribution in [2.24, 2.45) is 0 Å². The molecule has 96 valence electrons. The topological polar surface area (TPSA) is 41.9 Å². The van der Waals surface area contributed by atoms with Crippen molar-refractivity contribution < 1.29 is 14.6 Å². The average Bonchev–Trinajstić information content (AvgIpc) is 2.29. The number of nitrogens with zero attached hydrogens (tertiary/aromatic N) is 1. The molecule has 0 saturated carbocycles. The maximum Gasteiger partial charge on any atom is 0.160 e. The molecule has 0 bridgehead atoms. The predicted molar refractivity (Wildman–Crippen MR) is 67.5 cm³/mol. The summed E-state index contributed by atoms with van der Waals surface area (Å²) in [6, 6.07) is 5.47. The van der Waals surface area contributed by atoms with Crippen molar-refractivity contribution in [3.05, 3.63) is 23.8 Å². The number of hydrogen-bond donors (Lipinski definition) is 1. The smallest absolute Gasteiger partial charge is 0.160 e. The van der Waals surface area contributed by atoms with Gasteiger partial charge in [0.15, 0.2) is 11.5 Å². The van der Waals surface area contributed by atoms with Gasteiger partial charge in [0.1, 0.15) is 0 Å². The van der Waals surface area contributed by atoms with E-state index >= 15 is 0 Å². The first kappa shape index (κ1) is 13.8. The van der Waals surface area contributed by atoms with Gasteiger partial charge < -0.3 is 14.6 Å². The fraction of sp³-hybridized carbons (Fsp3) is 0.538. The third-order valence-corrected chi connectivity index (χ3v) is 2.52. The Hall–Kier alpha value is -1.26. The number of aromatic hydroxyl groups is 1. The summed E-state index contributed by atoms with van der Waals surface area (Å²) >= 11 is 0. The van der Waals surface area contributed by atoms with E-state index in [2.05, 4.69) is 4.90 Å². The van der Waals surface area contributed by atoms with Crippen LogP contribution in [-0.4, -0.2) is 43.9 Å². The number of hydrogen-bond acceptors (Lipinski definition) is 4. The van der Waals surface area contributed by atoms with Crippen molar-refractivity contribution in [2.75, 3.05) is 33.9 Å². The molecule has 0 aliphatic rings. The standard InChI is InChI=1S/C13H21NO3/c1-4-17-8-7-14(2)10-11-5-6-13(16-3)12(15)9-11/h5-6,9,15H,4,7-8,10H2,1-3H3. The second kappa shape index (κ2) is 7.14. The van der Waals surface area contributed by atoms with Crippen LogP contribution >= 0.6 is 0 Å². The van der Waals surface area contributed by atoms with Crippen molar-refractivity contribution in [2.45, 2.75) is 13.5 Å². The van der Waals surface area contributed by atoms with Gasteiger partial charge in [0.25, 0.3) is 0 Å². The summed E-state index contributed by atoms with van der Waals surface area (Å²) in [6.45, 7) is 5.12. The van der Waals surface area contributed by atoms with Crippen LogP contribution in [0.4, 0.5) is 0 Å². The summed E-state index contributed by atoms with van der Waals surface area (Å²) in [4.78, 5) is 2.15. The lowest BCUT2D eigenvalue weighted by atomic mass is 10.2. The number of rotatable bonds is 7. The van der Waals surface area contributed by atoms with E-state index < -0.39 is 0 Å². The maximum absolute atomic E-state index is 9.65. The van der Waals surface area contributed by atoms with Gasteiger partial charge in [0, 0.05) is 19.7 Å². The van der Waals surface area contributed by atoms with Crippen molar-refractivity contribution in [3.63, 3.8) is 0 Å². The molecule has 0 aliphatic heterocycles. The average molecular weight is 239 g/mol. The summed E-state index contributed by atoms with van der Waals surface area (Å²) in [5.41, 5.74) is 1.06. The van der Waals surface area contributed by atoms with Crippen LogP contribution in [-0.2, 0) is 11.3 Å². The van der Waals surface area contributed by atoms with Crippen LogP contribution in [0.5, 0.6) is 11.5 Å². The van der Waals surface area contributed by atoms with Crippen LogP contribution in [0.25, 0.3) is 0 Å². The minimum atomic E-state index is 0.184. The molecule has 0 aliphatic carbocycles. The lowest BCUT2D eigenvalue weighted by molar-refractivity contribution is 0.120. The Kier molecular flexibility index (Phi) is 5.80. The highest BCUT2D eigenvalue weighted by molar-refractivity contribution is 5.41. The molecule has 0 amide bonds. The van der Waals surface area contributed by atoms with E-state index in [0.717, 1.165) is 31.9 Å². The Morgan fingerprint density at radius 2 is 2.12 bits per heavy atom. The molecule has 0 heterocycles. The van der Waals surface area contributed by atoms with Gasteiger partial charge in [-0.15, -0.1) is 0 Å². The molecule has 0 atom stereocenters. The van der Waals surface area contributed by atoms with E-state index in [9.17, 15) is 5.11 Å². The third kappa shape index (κ3) is 4.63. The zero-order valence-corrected chi connectivity index (χ0v) is 10.8. The van der Waals surface area contributed by atoms with Crippen molar-refractivity contribution in [3.8, 4) is 11.5 Å². The summed E-state index contributed by atoms with van der Waals surface area (Å²) < 4.78 is 10.3. The normalized spacial score (nSPS) is 10.8. The zero-order valence-electron chi connectivity index (χ0n) is 10.8. The van der Waals surface area contributed by atoms with E-state index in [4.69, 9.17) is 9.47 Å². The van der Waals surface area contributed by atoms with E-state index in [-0.39, 0.29) is 5.75 Å². The number of likely N-dealkylation sites (N-methyl/N-ethyl adjacent to an activating group) is 1. The highest BCUT2D eigenvalue weighted by Gasteiger charge is 2.05. The summed E-state index contributed by atoms with van der Waals surface area (Å²) in [5.74, 6) is 0.689. The Morgan fingerprint density at radius 3 is 2.71 bits per heavy atom. The molecule has 0 spiro atoms. The van der Waals surface area contributed by atoms with Gasteiger partial charge >= 0.3 is 0 Å². The maximum atomic E-state index is 9.65. The summed E-state index contributed by atoms with van der Waals surface area (Å²) in [7, 11) is 3.57. The highest BCUT2D eigenvalue weighted by atomic mass is 16.5. The molecule has 1 rings (SSSR count). The summed E-state index contributed by atoms with van der Waals surface area (Å²) in [6.07, 6.45) is 0. The fourth-order valence-corrected chi connectivity index (χ4v) is 1.59. The molecular weight excluding hydrogens is 218 g/mol. The first-order valence-electron chi connectivity index (χ1n) is 5.79. The first-order chi connectivity index (χ1) is 8.17. The Bertz CT molecular complexity index is 341. The van der Waals surface area contributed by atoms with Gasteiger partial charge in [0.05, 0.1) is 13.7 Å². The molecule has 17 heavy (non-hydrogen) atoms. The van der Waals surface area contributed by atoms with Crippen molar-refractivity contribution in [1.29, 1.82) is 0 Å². The Morgan fingerprint density at radius 1 is 1.35 bits per heavy atom. The van der Waals surface area contributed by atoms with Gasteiger partial charge in [-0.3, -0.25) is 4.90 Å². The first-order valence-corrected chi connectivity index (χ1v) is 5.79. The SMILES string of the molecule is CCOCCN(C)Cc1ccc(OC)c(O)c1. The lowest BCUT2D eigenvalue weighted by Gasteiger charge is -2.17. The molecule has 0 aromatic heterocycles. The Labute approximate surface area is 103 Å². The van der Waals surface area contributed by atoms with Crippen LogP contribution in [0.1, 0.15) is 12.5 Å². The molecule has 4 heteroatoms. The second-order valence-corrected chi connectivity index (χ2v) is 3.94. The highest BCUT2D eigenvalue weighted by Crippen LogP contribution is 2.26. The van der Waals surface area contributed by atoms with E-state index in [1.807, 2.05) is 20.0 Å². The molecular formula is C13H21NO3. The molecule has 0 saturated heterocycles. The number of benzene rings is 1. The van der Waals surface area contributed by atoms with Gasteiger partial charge in [-0.25, -0.2) is 0 Å². The van der Waals surface area contributed by atoms with Gasteiger partial charge in [-0.05, 0) is 31.7 Å². The second-order valence-electron chi connectivity index (χ2n) is 3.94. The Balaban J connectivity index is 2.48. The van der Waals surface area contributed by atoms with Gasteiger partial charge in [-0.1, -0.05) is 6.07 Å². The monoisotopic (exact) mass is 239 g/mol. The van der Waals surface area contributed by atoms with Gasteiger partial charge in [-0.2, -0.15) is 0 Å². The molecule has 1 aromatic carbocycles. The van der Waals surface area contributed by atoms with Crippen LogP contribution in [0.15, 0.2) is 18.2 Å². The quantitative estimate of drug-likeness (QED) is 0.738. The van der Waals surface area contributed by atoms with Crippen molar-refractivity contribution >= 4 is 0 Å². The summed E-state index contributed by atoms with van der Waals surface area (Å²) in [5, 5.41) is 9.65. The molecule has 0 unspecified atom stereocenters. The molecule has 1 aromatic rings. The third-order valence-electron chi connectivity index (χ3n) is 2.52. The van der Waals surface area contributed by atoms with Crippen molar-refractivity contribution in [1.82, 2.24) is 4.90 Å². The number of methoxy groups -OCH3 is 1. The minimum Gasteiger partial charge on any atom is -0.504 e. The van der Waals surface area contributed by atoms with Crippen LogP contribution in [0.2, 0.25) is 0 Å². The van der Waals surface area contributed by atoms with Crippen LogP contribution in [0.3, 0.4) is 0 Å². The van der Waals surface area contributed by atoms with Gasteiger partial charge in [0.2, 0.25) is 0 Å². The molecule has 1 N–H and O–H groups in total. The van der Waals surface area contributed by atoms with E-state index in [1.54, 1.807) is 19.2 Å². The van der Waals surface area contributed by atoms with E-state index in [1.165, 1.54) is 0 Å². The minimum absolute atomic E-state index is 0.184.